The number of hydrogen-bond acceptors (Lipinski definition) is 7. The van der Waals surface area contributed by atoms with Crippen LogP contribution in [0.3, 0.4) is 0 Å². The summed E-state index contributed by atoms with van der Waals surface area (Å²) in [5, 5.41) is 12.2. The standard InChI is InChI=1S/C30H33F3N6O4/c1-2-38-26(36-20-10-13-43-14-11-20)23(24(35)28(41)39-12-4-7-21(39)16-34)22(17-8-9-17)25(29(38)42)37-27(40)18-5-3-6-19(15-18)30(31,32)33/h3,5-7,15,17,20,22,25H,2,4,8-14,35H2,1H3,(H,37,40)/b24-23-,36-26?. The van der Waals surface area contributed by atoms with Crippen LogP contribution in [0.25, 0.3) is 0 Å². The maximum Gasteiger partial charge on any atom is 0.416 e. The molecule has 228 valence electrons. The maximum absolute atomic E-state index is 14.1. The lowest BCUT2D eigenvalue weighted by Gasteiger charge is -2.42. The molecule has 3 aliphatic heterocycles. The second-order valence-corrected chi connectivity index (χ2v) is 11.0. The first-order valence-electron chi connectivity index (χ1n) is 14.4. The topological polar surface area (TPSA) is 141 Å². The Bertz CT molecular complexity index is 1440. The van der Waals surface area contributed by atoms with Crippen molar-refractivity contribution in [1.29, 1.82) is 5.26 Å². The van der Waals surface area contributed by atoms with Crippen molar-refractivity contribution in [2.75, 3.05) is 26.3 Å². The number of nitriles is 1. The first-order valence-corrected chi connectivity index (χ1v) is 14.4. The van der Waals surface area contributed by atoms with Crippen molar-refractivity contribution < 1.29 is 32.3 Å². The third-order valence-corrected chi connectivity index (χ3v) is 8.26. The van der Waals surface area contributed by atoms with Gasteiger partial charge < -0.3 is 15.8 Å². The molecule has 0 aromatic heterocycles. The number of aliphatic imine (C=N–C) groups is 1. The van der Waals surface area contributed by atoms with E-state index in [1.807, 2.05) is 6.07 Å². The van der Waals surface area contributed by atoms with Crippen LogP contribution >= 0.6 is 0 Å². The number of allylic oxidation sites excluding steroid dienone is 1. The average Bonchev–Trinajstić information content (AvgIpc) is 3.73. The Hall–Kier alpha value is -4.18. The van der Waals surface area contributed by atoms with Gasteiger partial charge in [-0.3, -0.25) is 29.2 Å². The molecule has 3 fully saturated rings. The molecule has 2 saturated heterocycles. The number of amides is 3. The smallest absolute Gasteiger partial charge is 0.394 e. The summed E-state index contributed by atoms with van der Waals surface area (Å²) in [5.74, 6) is -2.54. The zero-order chi connectivity index (χ0) is 30.9. The van der Waals surface area contributed by atoms with Gasteiger partial charge in [0.15, 0.2) is 0 Å². The van der Waals surface area contributed by atoms with Crippen LogP contribution in [0.2, 0.25) is 0 Å². The Kier molecular flexibility index (Phi) is 8.59. The third kappa shape index (κ3) is 6.15. The number of likely N-dealkylation sites (N-methyl/N-ethyl adjacent to an activating group) is 1. The molecule has 0 radical (unpaired) electrons. The summed E-state index contributed by atoms with van der Waals surface area (Å²) in [7, 11) is 0. The first-order chi connectivity index (χ1) is 20.5. The molecule has 1 aromatic carbocycles. The molecule has 43 heavy (non-hydrogen) atoms. The second-order valence-electron chi connectivity index (χ2n) is 11.0. The van der Waals surface area contributed by atoms with Gasteiger partial charge in [0.2, 0.25) is 0 Å². The van der Waals surface area contributed by atoms with E-state index in [1.54, 1.807) is 13.0 Å². The van der Waals surface area contributed by atoms with Gasteiger partial charge in [-0.25, -0.2) is 0 Å². The van der Waals surface area contributed by atoms with Gasteiger partial charge in [-0.15, -0.1) is 0 Å². The molecule has 10 nitrogen and oxygen atoms in total. The number of carbonyl (C=O) groups excluding carboxylic acids is 3. The minimum atomic E-state index is -4.65. The fourth-order valence-electron chi connectivity index (χ4n) is 5.93. The van der Waals surface area contributed by atoms with E-state index < -0.39 is 41.4 Å². The van der Waals surface area contributed by atoms with Crippen molar-refractivity contribution in [3.8, 4) is 6.07 Å². The van der Waals surface area contributed by atoms with Gasteiger partial charge in [0.1, 0.15) is 29.3 Å². The van der Waals surface area contributed by atoms with Gasteiger partial charge in [0, 0.05) is 43.4 Å². The van der Waals surface area contributed by atoms with Crippen molar-refractivity contribution in [1.82, 2.24) is 15.1 Å². The Morgan fingerprint density at radius 1 is 1.21 bits per heavy atom. The largest absolute Gasteiger partial charge is 0.416 e. The molecule has 3 N–H and O–H groups in total. The number of halogens is 3. The van der Waals surface area contributed by atoms with Crippen molar-refractivity contribution in [3.05, 3.63) is 58.4 Å². The lowest BCUT2D eigenvalue weighted by atomic mass is 9.79. The average molecular weight is 599 g/mol. The van der Waals surface area contributed by atoms with Crippen LogP contribution in [0.15, 0.2) is 52.3 Å². The highest BCUT2D eigenvalue weighted by molar-refractivity contribution is 6.17. The summed E-state index contributed by atoms with van der Waals surface area (Å²) in [6.07, 6.45) is 0.0825. The van der Waals surface area contributed by atoms with E-state index in [1.165, 1.54) is 15.9 Å². The monoisotopic (exact) mass is 598 g/mol. The van der Waals surface area contributed by atoms with E-state index in [0.29, 0.717) is 50.9 Å². The SMILES string of the molecule is CCN1C(=O)C(NC(=O)c2cccc(C(F)(F)F)c2)C(C2CC2)/C(=C(/N)C(=O)N2CCC=C2C#N)C1=NC1CCOCC1. The number of amidine groups is 1. The van der Waals surface area contributed by atoms with Crippen LogP contribution in [-0.2, 0) is 20.5 Å². The molecule has 1 aliphatic carbocycles. The molecule has 0 spiro atoms. The summed E-state index contributed by atoms with van der Waals surface area (Å²) in [4.78, 5) is 48.8. The number of piperidine rings is 1. The predicted molar refractivity (Wildman–Crippen MR) is 149 cm³/mol. The van der Waals surface area contributed by atoms with E-state index in [0.717, 1.165) is 18.2 Å². The highest BCUT2D eigenvalue weighted by Gasteiger charge is 2.52. The first kappa shape index (κ1) is 30.3. The quantitative estimate of drug-likeness (QED) is 0.482. The molecular weight excluding hydrogens is 565 g/mol. The summed E-state index contributed by atoms with van der Waals surface area (Å²) in [6.45, 7) is 3.11. The minimum Gasteiger partial charge on any atom is -0.394 e. The zero-order valence-electron chi connectivity index (χ0n) is 23.7. The second kappa shape index (κ2) is 12.2. The highest BCUT2D eigenvalue weighted by Crippen LogP contribution is 2.46. The van der Waals surface area contributed by atoms with Gasteiger partial charge in [-0.05, 0) is 69.2 Å². The van der Waals surface area contributed by atoms with Crippen LogP contribution in [0.4, 0.5) is 13.2 Å². The molecule has 5 rings (SSSR count). The van der Waals surface area contributed by atoms with E-state index in [-0.39, 0.29) is 47.8 Å². The van der Waals surface area contributed by atoms with Gasteiger partial charge in [0.25, 0.3) is 17.7 Å². The molecule has 2 unspecified atom stereocenters. The van der Waals surface area contributed by atoms with Crippen LogP contribution in [-0.4, -0.2) is 71.7 Å². The molecule has 13 heteroatoms. The lowest BCUT2D eigenvalue weighted by Crippen LogP contribution is -2.61. The number of likely N-dealkylation sites (tertiary alicyclic amines) is 1. The van der Waals surface area contributed by atoms with Crippen molar-refractivity contribution in [2.24, 2.45) is 22.6 Å². The van der Waals surface area contributed by atoms with Gasteiger partial charge in [0.05, 0.1) is 11.6 Å². The number of benzene rings is 1. The fraction of sp³-hybridized carbons (Fsp3) is 0.500. The van der Waals surface area contributed by atoms with Gasteiger partial charge >= 0.3 is 6.18 Å². The molecule has 3 heterocycles. The number of rotatable bonds is 6. The Labute approximate surface area is 247 Å². The molecule has 0 bridgehead atoms. The van der Waals surface area contributed by atoms with E-state index in [2.05, 4.69) is 5.32 Å². The molecular formula is C30H33F3N6O4. The number of nitrogens with one attached hydrogen (secondary N) is 1. The Balaban J connectivity index is 1.59. The molecule has 3 amide bonds. The van der Waals surface area contributed by atoms with Crippen molar-refractivity contribution in [2.45, 2.75) is 57.3 Å². The number of hydrogen-bond donors (Lipinski definition) is 2. The summed E-state index contributed by atoms with van der Waals surface area (Å²) in [6, 6.07) is 4.60. The Morgan fingerprint density at radius 3 is 2.56 bits per heavy atom. The summed E-state index contributed by atoms with van der Waals surface area (Å²) >= 11 is 0. The predicted octanol–water partition coefficient (Wildman–Crippen LogP) is 3.12. The van der Waals surface area contributed by atoms with Crippen molar-refractivity contribution in [3.63, 3.8) is 0 Å². The number of carbonyl (C=O) groups is 3. The lowest BCUT2D eigenvalue weighted by molar-refractivity contribution is -0.137. The number of ether oxygens (including phenoxy) is 1. The van der Waals surface area contributed by atoms with Gasteiger partial charge in [-0.1, -0.05) is 6.07 Å². The fourth-order valence-corrected chi connectivity index (χ4v) is 5.93. The molecule has 1 aromatic rings. The van der Waals surface area contributed by atoms with E-state index >= 15 is 0 Å². The molecule has 4 aliphatic rings. The zero-order valence-corrected chi connectivity index (χ0v) is 23.7. The van der Waals surface area contributed by atoms with Crippen LogP contribution in [0.5, 0.6) is 0 Å². The van der Waals surface area contributed by atoms with Gasteiger partial charge in [-0.2, -0.15) is 18.4 Å². The van der Waals surface area contributed by atoms with E-state index in [9.17, 15) is 32.8 Å². The van der Waals surface area contributed by atoms with E-state index in [4.69, 9.17) is 15.5 Å². The van der Waals surface area contributed by atoms with Crippen molar-refractivity contribution >= 4 is 23.6 Å². The highest BCUT2D eigenvalue weighted by atomic mass is 19.4. The number of nitrogens with zero attached hydrogens (tertiary/aromatic N) is 4. The summed E-state index contributed by atoms with van der Waals surface area (Å²) < 4.78 is 45.6. The normalized spacial score (nSPS) is 25.4. The molecule has 2 atom stereocenters. The summed E-state index contributed by atoms with van der Waals surface area (Å²) in [5.41, 5.74) is 5.73. The third-order valence-electron chi connectivity index (χ3n) is 8.26. The van der Waals surface area contributed by atoms with Crippen LogP contribution < -0.4 is 11.1 Å². The van der Waals surface area contributed by atoms with Crippen LogP contribution in [0, 0.1) is 23.2 Å². The maximum atomic E-state index is 14.1. The van der Waals surface area contributed by atoms with Crippen LogP contribution in [0.1, 0.15) is 54.9 Å². The minimum absolute atomic E-state index is 0.124. The molecule has 1 saturated carbocycles. The number of alkyl halides is 3. The number of nitrogens with two attached hydrogens (primary N) is 1. The Morgan fingerprint density at radius 2 is 1.93 bits per heavy atom.